The molecule has 6 nitrogen and oxygen atoms in total. The number of nitrogens with two attached hydrogens (primary N) is 1. The van der Waals surface area contributed by atoms with Crippen LogP contribution in [0.1, 0.15) is 60.8 Å². The fraction of sp³-hybridized carbons (Fsp3) is 0.875. The lowest BCUT2D eigenvalue weighted by Gasteiger charge is -2.52. The second-order valence-corrected chi connectivity index (χ2v) is 8.44. The van der Waals surface area contributed by atoms with E-state index in [9.17, 15) is 9.59 Å². The number of piperidine rings is 1. The van der Waals surface area contributed by atoms with Gasteiger partial charge in [-0.1, -0.05) is 13.8 Å². The summed E-state index contributed by atoms with van der Waals surface area (Å²) in [5.41, 5.74) is 4.06. The Morgan fingerprint density at radius 2 is 1.82 bits per heavy atom. The van der Waals surface area contributed by atoms with Crippen molar-refractivity contribution >= 4 is 11.9 Å². The fourth-order valence-electron chi connectivity index (χ4n) is 4.29. The fourth-order valence-corrected chi connectivity index (χ4v) is 4.29. The van der Waals surface area contributed by atoms with Gasteiger partial charge < -0.3 is 15.8 Å². The van der Waals surface area contributed by atoms with Gasteiger partial charge in [0.1, 0.15) is 6.10 Å². The number of carbonyl (C=O) groups excluding carboxylic acids is 2. The lowest BCUT2D eigenvalue weighted by Crippen LogP contribution is -2.68. The molecule has 0 radical (unpaired) electrons. The summed E-state index contributed by atoms with van der Waals surface area (Å²) in [7, 11) is 0. The predicted molar refractivity (Wildman–Crippen MR) is 84.0 cm³/mol. The molecule has 0 aromatic rings. The van der Waals surface area contributed by atoms with Crippen molar-refractivity contribution in [2.75, 3.05) is 0 Å². The quantitative estimate of drug-likeness (QED) is 0.816. The van der Waals surface area contributed by atoms with Crippen LogP contribution in [-0.4, -0.2) is 39.7 Å². The molecule has 2 fully saturated rings. The van der Waals surface area contributed by atoms with Gasteiger partial charge in [-0.2, -0.15) is 0 Å². The molecule has 6 heteroatoms. The number of hydrogen-bond donors (Lipinski definition) is 2. The lowest BCUT2D eigenvalue weighted by molar-refractivity contribution is -0.148. The van der Waals surface area contributed by atoms with Crippen molar-refractivity contribution in [3.05, 3.63) is 0 Å². The van der Waals surface area contributed by atoms with Crippen LogP contribution in [0.25, 0.3) is 0 Å². The molecule has 1 unspecified atom stereocenters. The summed E-state index contributed by atoms with van der Waals surface area (Å²) in [5.74, 6) is 0.0104. The van der Waals surface area contributed by atoms with Crippen molar-refractivity contribution in [2.45, 2.75) is 83.7 Å². The minimum absolute atomic E-state index is 0.261. The topological polar surface area (TPSA) is 84.7 Å². The van der Waals surface area contributed by atoms with E-state index in [1.807, 2.05) is 13.8 Å². The molecular formula is C16H29N3O3. The Morgan fingerprint density at radius 1 is 1.32 bits per heavy atom. The van der Waals surface area contributed by atoms with Crippen LogP contribution in [0, 0.1) is 5.92 Å². The molecule has 1 spiro atoms. The van der Waals surface area contributed by atoms with Crippen molar-refractivity contribution in [1.82, 2.24) is 10.2 Å². The van der Waals surface area contributed by atoms with Crippen LogP contribution in [0.5, 0.6) is 0 Å². The van der Waals surface area contributed by atoms with E-state index in [0.29, 0.717) is 25.2 Å². The average molecular weight is 311 g/mol. The zero-order valence-corrected chi connectivity index (χ0v) is 14.5. The minimum Gasteiger partial charge on any atom is -0.351 e. The lowest BCUT2D eigenvalue weighted by atomic mass is 9.76. The predicted octanol–water partition coefficient (Wildman–Crippen LogP) is 1.98. The summed E-state index contributed by atoms with van der Waals surface area (Å²) in [6.07, 6.45) is 1.08. The van der Waals surface area contributed by atoms with Gasteiger partial charge >= 0.3 is 6.03 Å². The molecule has 2 aliphatic rings. The van der Waals surface area contributed by atoms with Gasteiger partial charge in [0.05, 0.1) is 0 Å². The van der Waals surface area contributed by atoms with Gasteiger partial charge in [-0.15, -0.1) is 0 Å². The highest BCUT2D eigenvalue weighted by Gasteiger charge is 2.60. The van der Waals surface area contributed by atoms with Gasteiger partial charge in [-0.05, 0) is 40.0 Å². The van der Waals surface area contributed by atoms with Crippen LogP contribution in [-0.2, 0) is 9.53 Å². The Balaban J connectivity index is 2.41. The molecule has 22 heavy (non-hydrogen) atoms. The third kappa shape index (κ3) is 3.13. The molecule has 0 bridgehead atoms. The van der Waals surface area contributed by atoms with Crippen molar-refractivity contribution in [1.29, 1.82) is 0 Å². The molecule has 126 valence electrons. The zero-order chi connectivity index (χ0) is 16.9. The third-order valence-electron chi connectivity index (χ3n) is 4.28. The Hall–Kier alpha value is -1.14. The van der Waals surface area contributed by atoms with Crippen molar-refractivity contribution in [3.8, 4) is 0 Å². The molecule has 0 aliphatic carbocycles. The number of hydrogen-bond acceptors (Lipinski definition) is 4. The first-order chi connectivity index (χ1) is 9.88. The Morgan fingerprint density at radius 3 is 2.23 bits per heavy atom. The molecular weight excluding hydrogens is 282 g/mol. The number of rotatable bonds is 2. The maximum Gasteiger partial charge on any atom is 0.323 e. The maximum absolute atomic E-state index is 12.7. The third-order valence-corrected chi connectivity index (χ3v) is 4.28. The van der Waals surface area contributed by atoms with Gasteiger partial charge in [0, 0.05) is 23.9 Å². The number of amides is 3. The summed E-state index contributed by atoms with van der Waals surface area (Å²) in [4.78, 5) is 25.8. The van der Waals surface area contributed by atoms with Crippen molar-refractivity contribution in [3.63, 3.8) is 0 Å². The first-order valence-corrected chi connectivity index (χ1v) is 7.98. The second-order valence-electron chi connectivity index (χ2n) is 8.44. The Kier molecular flexibility index (Phi) is 4.07. The number of primary amides is 1. The SMILES string of the molecule is CC(C)CC1OC2(CC(C)(C)NC(C)(C)C2)N(C(N)=O)C1=O. The molecule has 3 N–H and O–H groups in total. The Bertz CT molecular complexity index is 469. The second kappa shape index (κ2) is 5.20. The molecule has 0 aromatic carbocycles. The molecule has 0 saturated carbocycles. The number of nitrogens with one attached hydrogen (secondary N) is 1. The number of ether oxygens (including phenoxy) is 1. The van der Waals surface area contributed by atoms with E-state index in [0.717, 1.165) is 0 Å². The highest BCUT2D eigenvalue weighted by molar-refractivity contribution is 5.98. The summed E-state index contributed by atoms with van der Waals surface area (Å²) in [6.45, 7) is 12.3. The van der Waals surface area contributed by atoms with Crippen LogP contribution >= 0.6 is 0 Å². The molecule has 2 saturated heterocycles. The number of carbonyl (C=O) groups is 2. The van der Waals surface area contributed by atoms with Gasteiger partial charge in [0.25, 0.3) is 5.91 Å². The number of nitrogens with zero attached hydrogens (tertiary/aromatic N) is 1. The average Bonchev–Trinajstić information content (AvgIpc) is 2.44. The van der Waals surface area contributed by atoms with E-state index >= 15 is 0 Å². The van der Waals surface area contributed by atoms with Crippen LogP contribution in [0.2, 0.25) is 0 Å². The first kappa shape index (κ1) is 17.2. The number of urea groups is 1. The molecule has 1 atom stereocenters. The van der Waals surface area contributed by atoms with Crippen molar-refractivity contribution in [2.24, 2.45) is 11.7 Å². The smallest absolute Gasteiger partial charge is 0.323 e. The largest absolute Gasteiger partial charge is 0.351 e. The van der Waals surface area contributed by atoms with Crippen LogP contribution in [0.15, 0.2) is 0 Å². The summed E-state index contributed by atoms with van der Waals surface area (Å²) >= 11 is 0. The highest BCUT2D eigenvalue weighted by Crippen LogP contribution is 2.45. The van der Waals surface area contributed by atoms with Gasteiger partial charge in [0.15, 0.2) is 5.72 Å². The first-order valence-electron chi connectivity index (χ1n) is 7.98. The van der Waals surface area contributed by atoms with Gasteiger partial charge in [-0.25, -0.2) is 9.69 Å². The van der Waals surface area contributed by atoms with E-state index in [1.165, 1.54) is 4.90 Å². The minimum atomic E-state index is -0.944. The summed E-state index contributed by atoms with van der Waals surface area (Å²) in [6, 6.07) is -0.718. The van der Waals surface area contributed by atoms with E-state index in [-0.39, 0.29) is 17.0 Å². The van der Waals surface area contributed by atoms with Crippen LogP contribution in [0.3, 0.4) is 0 Å². The van der Waals surface area contributed by atoms with Crippen LogP contribution in [0.4, 0.5) is 4.79 Å². The monoisotopic (exact) mass is 311 g/mol. The number of imide groups is 1. The van der Waals surface area contributed by atoms with Crippen molar-refractivity contribution < 1.29 is 14.3 Å². The standard InChI is InChI=1S/C16H29N3O3/c1-10(2)7-11-12(20)19(13(17)21)16(22-11)8-14(3,4)18-15(5,6)9-16/h10-11,18H,7-9H2,1-6H3,(H2,17,21). The van der Waals surface area contributed by atoms with E-state index in [4.69, 9.17) is 10.5 Å². The van der Waals surface area contributed by atoms with Crippen LogP contribution < -0.4 is 11.1 Å². The van der Waals surface area contributed by atoms with E-state index < -0.39 is 17.9 Å². The molecule has 2 rings (SSSR count). The zero-order valence-electron chi connectivity index (χ0n) is 14.5. The molecule has 2 aliphatic heterocycles. The van der Waals surface area contributed by atoms with E-state index in [2.05, 4.69) is 33.0 Å². The summed E-state index contributed by atoms with van der Waals surface area (Å²) < 4.78 is 6.19. The summed E-state index contributed by atoms with van der Waals surface area (Å²) in [5, 5.41) is 3.54. The Labute approximate surface area is 132 Å². The molecule has 2 heterocycles. The van der Waals surface area contributed by atoms with Gasteiger partial charge in [-0.3, -0.25) is 4.79 Å². The normalized spacial score (nSPS) is 29.3. The van der Waals surface area contributed by atoms with Gasteiger partial charge in [0.2, 0.25) is 0 Å². The molecule has 3 amide bonds. The van der Waals surface area contributed by atoms with E-state index in [1.54, 1.807) is 0 Å². The molecule has 0 aromatic heterocycles. The highest BCUT2D eigenvalue weighted by atomic mass is 16.6. The maximum atomic E-state index is 12.7.